The van der Waals surface area contributed by atoms with Gasteiger partial charge < -0.3 is 15.7 Å². The Labute approximate surface area is 95.7 Å². The number of hydrogen-bond donors (Lipinski definition) is 3. The van der Waals surface area contributed by atoms with Gasteiger partial charge in [0.15, 0.2) is 0 Å². The Bertz CT molecular complexity index is 349. The van der Waals surface area contributed by atoms with Crippen LogP contribution in [-0.2, 0) is 0 Å². The highest BCUT2D eigenvalue weighted by Crippen LogP contribution is 2.09. The van der Waals surface area contributed by atoms with Gasteiger partial charge in [0, 0.05) is 5.69 Å². The van der Waals surface area contributed by atoms with E-state index < -0.39 is 0 Å². The number of benzene rings is 1. The largest absolute Gasteiger partial charge is 0.394 e. The van der Waals surface area contributed by atoms with Crippen molar-refractivity contribution in [2.24, 2.45) is 0 Å². The number of aryl methyl sites for hydroxylation is 1. The molecular weight excluding hydrogens is 204 g/mol. The van der Waals surface area contributed by atoms with Gasteiger partial charge in [-0.15, -0.1) is 0 Å². The second-order valence-electron chi connectivity index (χ2n) is 3.76. The monoisotopic (exact) mass is 222 g/mol. The van der Waals surface area contributed by atoms with Crippen molar-refractivity contribution in [2.75, 3.05) is 11.9 Å². The minimum absolute atomic E-state index is 0.0439. The molecule has 0 bridgehead atoms. The first kappa shape index (κ1) is 12.5. The SMILES string of the molecule is CC[C@@H](CO)NC(=O)Nc1cccc(C)c1. The zero-order valence-electron chi connectivity index (χ0n) is 9.66. The maximum atomic E-state index is 11.5. The van der Waals surface area contributed by atoms with Crippen LogP contribution in [0.3, 0.4) is 0 Å². The maximum Gasteiger partial charge on any atom is 0.319 e. The van der Waals surface area contributed by atoms with Crippen molar-refractivity contribution in [1.82, 2.24) is 5.32 Å². The van der Waals surface area contributed by atoms with E-state index in [0.29, 0.717) is 6.42 Å². The van der Waals surface area contributed by atoms with Gasteiger partial charge in [0.25, 0.3) is 0 Å². The number of nitrogens with one attached hydrogen (secondary N) is 2. The molecule has 3 N–H and O–H groups in total. The van der Waals surface area contributed by atoms with Crippen LogP contribution in [0.5, 0.6) is 0 Å². The number of aliphatic hydroxyl groups is 1. The van der Waals surface area contributed by atoms with E-state index in [9.17, 15) is 4.79 Å². The number of aliphatic hydroxyl groups excluding tert-OH is 1. The first-order valence-corrected chi connectivity index (χ1v) is 5.40. The van der Waals surface area contributed by atoms with Crippen LogP contribution in [-0.4, -0.2) is 23.8 Å². The Balaban J connectivity index is 2.51. The van der Waals surface area contributed by atoms with Crippen LogP contribution < -0.4 is 10.6 Å². The molecule has 0 spiro atoms. The molecule has 0 aromatic heterocycles. The molecule has 1 rings (SSSR count). The van der Waals surface area contributed by atoms with E-state index in [4.69, 9.17) is 5.11 Å². The molecule has 4 heteroatoms. The Hall–Kier alpha value is -1.55. The molecule has 0 radical (unpaired) electrons. The summed E-state index contributed by atoms with van der Waals surface area (Å²) in [5, 5.41) is 14.3. The highest BCUT2D eigenvalue weighted by molar-refractivity contribution is 5.89. The summed E-state index contributed by atoms with van der Waals surface area (Å²) in [5.74, 6) is 0. The molecule has 0 aliphatic rings. The van der Waals surface area contributed by atoms with Gasteiger partial charge in [0.1, 0.15) is 0 Å². The number of carbonyl (C=O) groups excluding carboxylic acids is 1. The van der Waals surface area contributed by atoms with Crippen molar-refractivity contribution in [3.63, 3.8) is 0 Å². The normalized spacial score (nSPS) is 11.9. The third kappa shape index (κ3) is 3.90. The molecule has 0 aliphatic heterocycles. The van der Waals surface area contributed by atoms with E-state index in [-0.39, 0.29) is 18.7 Å². The fourth-order valence-corrected chi connectivity index (χ4v) is 1.35. The summed E-state index contributed by atoms with van der Waals surface area (Å²) in [6, 6.07) is 7.09. The summed E-state index contributed by atoms with van der Waals surface area (Å²) < 4.78 is 0. The number of carbonyl (C=O) groups is 1. The summed E-state index contributed by atoms with van der Waals surface area (Å²) in [7, 11) is 0. The van der Waals surface area contributed by atoms with E-state index in [0.717, 1.165) is 11.3 Å². The average molecular weight is 222 g/mol. The molecule has 1 aromatic carbocycles. The molecule has 0 aliphatic carbocycles. The fraction of sp³-hybridized carbons (Fsp3) is 0.417. The Kier molecular flexibility index (Phi) is 4.79. The van der Waals surface area contributed by atoms with Gasteiger partial charge in [-0.05, 0) is 31.0 Å². The summed E-state index contributed by atoms with van der Waals surface area (Å²) in [6.07, 6.45) is 0.706. The number of anilines is 1. The van der Waals surface area contributed by atoms with Gasteiger partial charge in [-0.25, -0.2) is 4.79 Å². The van der Waals surface area contributed by atoms with Gasteiger partial charge >= 0.3 is 6.03 Å². The van der Waals surface area contributed by atoms with E-state index in [2.05, 4.69) is 10.6 Å². The lowest BCUT2D eigenvalue weighted by Crippen LogP contribution is -2.39. The lowest BCUT2D eigenvalue weighted by Gasteiger charge is -2.14. The summed E-state index contributed by atoms with van der Waals surface area (Å²) in [6.45, 7) is 3.83. The molecule has 2 amide bonds. The molecule has 88 valence electrons. The van der Waals surface area contributed by atoms with E-state index in [1.807, 2.05) is 38.1 Å². The molecule has 0 unspecified atom stereocenters. The Morgan fingerprint density at radius 1 is 1.50 bits per heavy atom. The highest BCUT2D eigenvalue weighted by atomic mass is 16.3. The average Bonchev–Trinajstić information content (AvgIpc) is 2.26. The van der Waals surface area contributed by atoms with Crippen LogP contribution in [0.4, 0.5) is 10.5 Å². The quantitative estimate of drug-likeness (QED) is 0.728. The van der Waals surface area contributed by atoms with Crippen LogP contribution >= 0.6 is 0 Å². The number of urea groups is 1. The zero-order valence-corrected chi connectivity index (χ0v) is 9.66. The smallest absolute Gasteiger partial charge is 0.319 e. The number of amides is 2. The predicted molar refractivity (Wildman–Crippen MR) is 64.5 cm³/mol. The molecule has 4 nitrogen and oxygen atoms in total. The van der Waals surface area contributed by atoms with Crippen LogP contribution in [0.15, 0.2) is 24.3 Å². The van der Waals surface area contributed by atoms with Gasteiger partial charge in [0.05, 0.1) is 12.6 Å². The van der Waals surface area contributed by atoms with Gasteiger partial charge in [-0.1, -0.05) is 19.1 Å². The van der Waals surface area contributed by atoms with Gasteiger partial charge in [0.2, 0.25) is 0 Å². The van der Waals surface area contributed by atoms with Crippen LogP contribution in [0, 0.1) is 6.92 Å². The first-order chi connectivity index (χ1) is 7.65. The molecular formula is C12H18N2O2. The maximum absolute atomic E-state index is 11.5. The third-order valence-corrected chi connectivity index (χ3v) is 2.32. The van der Waals surface area contributed by atoms with Gasteiger partial charge in [-0.3, -0.25) is 0 Å². The van der Waals surface area contributed by atoms with Crippen LogP contribution in [0.2, 0.25) is 0 Å². The summed E-state index contributed by atoms with van der Waals surface area (Å²) in [4.78, 5) is 11.5. The van der Waals surface area contributed by atoms with E-state index in [1.165, 1.54) is 0 Å². The van der Waals surface area contributed by atoms with E-state index in [1.54, 1.807) is 0 Å². The first-order valence-electron chi connectivity index (χ1n) is 5.40. The van der Waals surface area contributed by atoms with Crippen molar-refractivity contribution in [2.45, 2.75) is 26.3 Å². The predicted octanol–water partition coefficient (Wildman–Crippen LogP) is 1.89. The molecule has 16 heavy (non-hydrogen) atoms. The highest BCUT2D eigenvalue weighted by Gasteiger charge is 2.08. The van der Waals surface area contributed by atoms with Gasteiger partial charge in [-0.2, -0.15) is 0 Å². The van der Waals surface area contributed by atoms with Crippen molar-refractivity contribution in [3.05, 3.63) is 29.8 Å². The lowest BCUT2D eigenvalue weighted by molar-refractivity contribution is 0.222. The molecule has 0 saturated heterocycles. The molecule has 1 atom stereocenters. The van der Waals surface area contributed by atoms with Crippen molar-refractivity contribution in [1.29, 1.82) is 0 Å². The van der Waals surface area contributed by atoms with E-state index >= 15 is 0 Å². The number of rotatable bonds is 4. The van der Waals surface area contributed by atoms with Crippen LogP contribution in [0.25, 0.3) is 0 Å². The standard InChI is InChI=1S/C12H18N2O2/c1-3-10(8-15)13-12(16)14-11-6-4-5-9(2)7-11/h4-7,10,15H,3,8H2,1-2H3,(H2,13,14,16)/t10-/m0/s1. The second-order valence-corrected chi connectivity index (χ2v) is 3.76. The topological polar surface area (TPSA) is 61.4 Å². The molecule has 1 aromatic rings. The minimum atomic E-state index is -0.286. The second kappa shape index (κ2) is 6.12. The summed E-state index contributed by atoms with van der Waals surface area (Å²) in [5.41, 5.74) is 1.84. The molecule has 0 heterocycles. The summed E-state index contributed by atoms with van der Waals surface area (Å²) >= 11 is 0. The Morgan fingerprint density at radius 2 is 2.25 bits per heavy atom. The van der Waals surface area contributed by atoms with Crippen molar-refractivity contribution >= 4 is 11.7 Å². The third-order valence-electron chi connectivity index (χ3n) is 2.32. The Morgan fingerprint density at radius 3 is 2.81 bits per heavy atom. The number of hydrogen-bond acceptors (Lipinski definition) is 2. The van der Waals surface area contributed by atoms with Crippen molar-refractivity contribution < 1.29 is 9.90 Å². The van der Waals surface area contributed by atoms with Crippen molar-refractivity contribution in [3.8, 4) is 0 Å². The molecule has 0 saturated carbocycles. The molecule has 0 fully saturated rings. The van der Waals surface area contributed by atoms with Crippen LogP contribution in [0.1, 0.15) is 18.9 Å². The minimum Gasteiger partial charge on any atom is -0.394 e. The lowest BCUT2D eigenvalue weighted by atomic mass is 10.2. The zero-order chi connectivity index (χ0) is 12.0. The fourth-order valence-electron chi connectivity index (χ4n) is 1.35.